The van der Waals surface area contributed by atoms with E-state index in [4.69, 9.17) is 0 Å². The maximum Gasteiger partial charge on any atom is 0.186 e. The summed E-state index contributed by atoms with van der Waals surface area (Å²) in [4.78, 5) is 10.8. The Hall–Kier alpha value is -0.880. The third-order valence-corrected chi connectivity index (χ3v) is 3.88. The predicted octanol–water partition coefficient (Wildman–Crippen LogP) is 0.929. The smallest absolute Gasteiger partial charge is 0.186 e. The maximum absolute atomic E-state index is 10.8. The number of hydrogen-bond donors (Lipinski definition) is 1. The summed E-state index contributed by atoms with van der Waals surface area (Å²) in [5.74, 6) is 0.552. The zero-order valence-electron chi connectivity index (χ0n) is 9.22. The Morgan fingerprint density at radius 1 is 1.69 bits per heavy atom. The summed E-state index contributed by atoms with van der Waals surface area (Å²) in [5.41, 5.74) is 0.562. The molecule has 16 heavy (non-hydrogen) atoms. The van der Waals surface area contributed by atoms with Gasteiger partial charge in [-0.3, -0.25) is 4.79 Å². The van der Waals surface area contributed by atoms with Crippen LogP contribution in [0.15, 0.2) is 6.20 Å². The molecule has 0 saturated heterocycles. The van der Waals surface area contributed by atoms with E-state index in [1.807, 2.05) is 6.20 Å². The lowest BCUT2D eigenvalue weighted by atomic mass is 9.77. The average molecular weight is 241 g/mol. The number of aromatic nitrogens is 3. The van der Waals surface area contributed by atoms with Gasteiger partial charge in [0.05, 0.1) is 24.0 Å². The van der Waals surface area contributed by atoms with E-state index in [-0.39, 0.29) is 17.3 Å². The van der Waals surface area contributed by atoms with Crippen molar-refractivity contribution in [2.24, 2.45) is 0 Å². The van der Waals surface area contributed by atoms with Gasteiger partial charge < -0.3 is 5.11 Å². The highest BCUT2D eigenvalue weighted by Gasteiger charge is 2.39. The second-order valence-electron chi connectivity index (χ2n) is 4.17. The zero-order chi connectivity index (χ0) is 11.6. The van der Waals surface area contributed by atoms with Crippen LogP contribution in [0.2, 0.25) is 0 Å². The van der Waals surface area contributed by atoms with E-state index in [1.165, 1.54) is 18.7 Å². The maximum atomic E-state index is 10.8. The lowest BCUT2D eigenvalue weighted by Crippen LogP contribution is -2.44. The van der Waals surface area contributed by atoms with Crippen molar-refractivity contribution < 1.29 is 9.90 Å². The largest absolute Gasteiger partial charge is 0.394 e. The summed E-state index contributed by atoms with van der Waals surface area (Å²) in [5, 5.41) is 17.5. The van der Waals surface area contributed by atoms with Gasteiger partial charge in [0.15, 0.2) is 5.12 Å². The average Bonchev–Trinajstić information content (AvgIpc) is 2.63. The first-order valence-corrected chi connectivity index (χ1v) is 6.31. The molecule has 1 aromatic rings. The fraction of sp³-hybridized carbons (Fsp3) is 0.700. The molecule has 0 aromatic carbocycles. The van der Waals surface area contributed by atoms with Crippen LogP contribution in [-0.4, -0.2) is 31.8 Å². The Morgan fingerprint density at radius 2 is 2.44 bits per heavy atom. The number of aliphatic hydroxyl groups is 1. The number of nitrogens with zero attached hydrogens (tertiary/aromatic N) is 3. The molecule has 0 radical (unpaired) electrons. The summed E-state index contributed by atoms with van der Waals surface area (Å²) in [6.45, 7) is 1.64. The van der Waals surface area contributed by atoms with Crippen molar-refractivity contribution in [2.45, 2.75) is 37.5 Å². The van der Waals surface area contributed by atoms with E-state index in [2.05, 4.69) is 10.3 Å². The Bertz CT molecular complexity index is 382. The standard InChI is InChI=1S/C10H15N3O2S/c1-8(15)16-6-9-5-13(12-11-9)10(7-14)3-2-4-10/h5,14H,2-4,6-7H2,1H3. The van der Waals surface area contributed by atoms with E-state index in [9.17, 15) is 9.90 Å². The van der Waals surface area contributed by atoms with E-state index in [0.717, 1.165) is 25.0 Å². The minimum Gasteiger partial charge on any atom is -0.394 e. The minimum absolute atomic E-state index is 0.0788. The van der Waals surface area contributed by atoms with Crippen LogP contribution in [0.25, 0.3) is 0 Å². The Labute approximate surface area is 98.2 Å². The van der Waals surface area contributed by atoms with Crippen LogP contribution in [0, 0.1) is 0 Å². The molecule has 1 N–H and O–H groups in total. The zero-order valence-corrected chi connectivity index (χ0v) is 10.0. The van der Waals surface area contributed by atoms with Crippen molar-refractivity contribution in [1.82, 2.24) is 15.0 Å². The first kappa shape index (κ1) is 11.6. The lowest BCUT2D eigenvalue weighted by Gasteiger charge is -2.39. The number of carbonyl (C=O) groups is 1. The molecule has 1 aliphatic carbocycles. The van der Waals surface area contributed by atoms with Crippen molar-refractivity contribution in [1.29, 1.82) is 0 Å². The number of rotatable bonds is 4. The fourth-order valence-electron chi connectivity index (χ4n) is 1.82. The number of thioether (sulfide) groups is 1. The summed E-state index contributed by atoms with van der Waals surface area (Å²) >= 11 is 1.22. The fourth-order valence-corrected chi connectivity index (χ4v) is 2.30. The Kier molecular flexibility index (Phi) is 3.30. The number of aliphatic hydroxyl groups excluding tert-OH is 1. The first-order valence-electron chi connectivity index (χ1n) is 5.32. The number of carbonyl (C=O) groups excluding carboxylic acids is 1. The monoisotopic (exact) mass is 241 g/mol. The van der Waals surface area contributed by atoms with Crippen molar-refractivity contribution >= 4 is 16.9 Å². The summed E-state index contributed by atoms with van der Waals surface area (Å²) in [6.07, 6.45) is 4.86. The summed E-state index contributed by atoms with van der Waals surface area (Å²) < 4.78 is 1.76. The van der Waals surface area contributed by atoms with Crippen molar-refractivity contribution in [3.8, 4) is 0 Å². The molecule has 0 bridgehead atoms. The molecule has 6 heteroatoms. The van der Waals surface area contributed by atoms with Crippen LogP contribution in [0.3, 0.4) is 0 Å². The van der Waals surface area contributed by atoms with Crippen molar-refractivity contribution in [3.63, 3.8) is 0 Å². The lowest BCUT2D eigenvalue weighted by molar-refractivity contribution is -0.109. The normalized spacial score (nSPS) is 18.1. The second kappa shape index (κ2) is 4.55. The van der Waals surface area contributed by atoms with Gasteiger partial charge in [-0.25, -0.2) is 4.68 Å². The third-order valence-electron chi connectivity index (χ3n) is 3.03. The predicted molar refractivity (Wildman–Crippen MR) is 60.9 cm³/mol. The van der Waals surface area contributed by atoms with Gasteiger partial charge in [-0.05, 0) is 19.3 Å². The molecule has 1 saturated carbocycles. The molecule has 2 rings (SSSR count). The van der Waals surface area contributed by atoms with E-state index < -0.39 is 0 Å². The quantitative estimate of drug-likeness (QED) is 0.849. The summed E-state index contributed by atoms with van der Waals surface area (Å²) in [7, 11) is 0. The first-order chi connectivity index (χ1) is 7.66. The molecular formula is C10H15N3O2S. The highest BCUT2D eigenvalue weighted by atomic mass is 32.2. The Balaban J connectivity index is 2.04. The summed E-state index contributed by atoms with van der Waals surface area (Å²) in [6, 6.07) is 0. The van der Waals surface area contributed by atoms with Crippen molar-refractivity contribution in [3.05, 3.63) is 11.9 Å². The van der Waals surface area contributed by atoms with Crippen LogP contribution in [-0.2, 0) is 16.1 Å². The van der Waals surface area contributed by atoms with Crippen LogP contribution >= 0.6 is 11.8 Å². The molecule has 1 aromatic heterocycles. The highest BCUT2D eigenvalue weighted by molar-refractivity contribution is 8.12. The van der Waals surface area contributed by atoms with Crippen LogP contribution in [0.5, 0.6) is 0 Å². The van der Waals surface area contributed by atoms with Gasteiger partial charge in [-0.15, -0.1) is 5.10 Å². The van der Waals surface area contributed by atoms with Crippen LogP contribution in [0.1, 0.15) is 31.9 Å². The molecule has 5 nitrogen and oxygen atoms in total. The molecule has 0 unspecified atom stereocenters. The van der Waals surface area contributed by atoms with Gasteiger partial charge in [0.25, 0.3) is 0 Å². The van der Waals surface area contributed by atoms with E-state index >= 15 is 0 Å². The van der Waals surface area contributed by atoms with Gasteiger partial charge in [-0.1, -0.05) is 17.0 Å². The molecule has 0 amide bonds. The van der Waals surface area contributed by atoms with Crippen LogP contribution < -0.4 is 0 Å². The molecule has 0 spiro atoms. The van der Waals surface area contributed by atoms with Gasteiger partial charge >= 0.3 is 0 Å². The molecule has 88 valence electrons. The molecule has 0 aliphatic heterocycles. The second-order valence-corrected chi connectivity index (χ2v) is 5.32. The highest BCUT2D eigenvalue weighted by Crippen LogP contribution is 2.38. The minimum atomic E-state index is -0.230. The SMILES string of the molecule is CC(=O)SCc1cn(C2(CO)CCC2)nn1. The number of hydrogen-bond acceptors (Lipinski definition) is 5. The van der Waals surface area contributed by atoms with Crippen molar-refractivity contribution in [2.75, 3.05) is 6.61 Å². The molecule has 1 fully saturated rings. The Morgan fingerprint density at radius 3 is 2.94 bits per heavy atom. The van der Waals surface area contributed by atoms with Gasteiger partial charge in [-0.2, -0.15) is 0 Å². The van der Waals surface area contributed by atoms with E-state index in [1.54, 1.807) is 4.68 Å². The van der Waals surface area contributed by atoms with Gasteiger partial charge in [0.2, 0.25) is 0 Å². The third kappa shape index (κ3) is 2.12. The van der Waals surface area contributed by atoms with Gasteiger partial charge in [0.1, 0.15) is 0 Å². The topological polar surface area (TPSA) is 68.0 Å². The molecular weight excluding hydrogens is 226 g/mol. The molecule has 1 aliphatic rings. The molecule has 0 atom stereocenters. The van der Waals surface area contributed by atoms with E-state index in [0.29, 0.717) is 5.75 Å². The van der Waals surface area contributed by atoms with Crippen LogP contribution in [0.4, 0.5) is 0 Å². The molecule has 1 heterocycles. The van der Waals surface area contributed by atoms with Gasteiger partial charge in [0, 0.05) is 12.7 Å².